The third-order valence-corrected chi connectivity index (χ3v) is 5.14. The fourth-order valence-electron chi connectivity index (χ4n) is 2.13. The first-order valence-corrected chi connectivity index (χ1v) is 8.06. The SMILES string of the molecule is CN(c1ccc(F)cc1)S(=O)(=O)c1ccc2c(c1)OCCO2. The van der Waals surface area contributed by atoms with Gasteiger partial charge in [-0.15, -0.1) is 0 Å². The second-order valence-corrected chi connectivity index (χ2v) is 6.72. The Bertz CT molecular complexity index is 790. The number of anilines is 1. The molecular weight excluding hydrogens is 309 g/mol. The predicted octanol–water partition coefficient (Wildman–Crippen LogP) is 2.42. The molecule has 1 aliphatic heterocycles. The van der Waals surface area contributed by atoms with Gasteiger partial charge in [0.05, 0.1) is 10.6 Å². The molecule has 0 amide bonds. The van der Waals surface area contributed by atoms with Crippen LogP contribution in [0.3, 0.4) is 0 Å². The van der Waals surface area contributed by atoms with Crippen LogP contribution in [-0.4, -0.2) is 28.7 Å². The number of sulfonamides is 1. The van der Waals surface area contributed by atoms with Crippen molar-refractivity contribution in [3.8, 4) is 11.5 Å². The van der Waals surface area contributed by atoms with Crippen LogP contribution in [0.1, 0.15) is 0 Å². The van der Waals surface area contributed by atoms with Gasteiger partial charge in [0.25, 0.3) is 10.0 Å². The molecule has 1 heterocycles. The molecule has 116 valence electrons. The molecule has 2 aromatic carbocycles. The topological polar surface area (TPSA) is 55.8 Å². The van der Waals surface area contributed by atoms with Crippen molar-refractivity contribution in [2.45, 2.75) is 4.90 Å². The summed E-state index contributed by atoms with van der Waals surface area (Å²) in [6.07, 6.45) is 0. The van der Waals surface area contributed by atoms with Crippen molar-refractivity contribution in [3.05, 3.63) is 48.3 Å². The van der Waals surface area contributed by atoms with E-state index in [1.807, 2.05) is 0 Å². The van der Waals surface area contributed by atoms with Gasteiger partial charge in [-0.3, -0.25) is 4.31 Å². The Morgan fingerprint density at radius 3 is 2.32 bits per heavy atom. The molecule has 5 nitrogen and oxygen atoms in total. The van der Waals surface area contributed by atoms with Crippen LogP contribution in [0.2, 0.25) is 0 Å². The second kappa shape index (κ2) is 5.49. The minimum Gasteiger partial charge on any atom is -0.486 e. The molecule has 0 bridgehead atoms. The van der Waals surface area contributed by atoms with E-state index >= 15 is 0 Å². The molecule has 3 rings (SSSR count). The standard InChI is InChI=1S/C15H14FNO4S/c1-17(12-4-2-11(16)3-5-12)22(18,19)13-6-7-14-15(10-13)21-9-8-20-14/h2-7,10H,8-9H2,1H3. The van der Waals surface area contributed by atoms with E-state index in [4.69, 9.17) is 9.47 Å². The van der Waals surface area contributed by atoms with Gasteiger partial charge in [0.1, 0.15) is 19.0 Å². The van der Waals surface area contributed by atoms with E-state index in [-0.39, 0.29) is 4.90 Å². The lowest BCUT2D eigenvalue weighted by atomic mass is 10.3. The molecule has 1 aliphatic rings. The Morgan fingerprint density at radius 1 is 1.00 bits per heavy atom. The molecule has 0 atom stereocenters. The van der Waals surface area contributed by atoms with Crippen molar-refractivity contribution in [1.82, 2.24) is 0 Å². The fraction of sp³-hybridized carbons (Fsp3) is 0.200. The monoisotopic (exact) mass is 323 g/mol. The number of fused-ring (bicyclic) bond motifs is 1. The fourth-order valence-corrected chi connectivity index (χ4v) is 3.34. The molecule has 0 aliphatic carbocycles. The first kappa shape index (κ1) is 14.6. The van der Waals surface area contributed by atoms with E-state index in [0.717, 1.165) is 4.31 Å². The second-order valence-electron chi connectivity index (χ2n) is 4.75. The molecule has 0 spiro atoms. The van der Waals surface area contributed by atoms with Gasteiger partial charge in [-0.1, -0.05) is 0 Å². The average molecular weight is 323 g/mol. The van der Waals surface area contributed by atoms with Gasteiger partial charge in [0.2, 0.25) is 0 Å². The Balaban J connectivity index is 1.97. The van der Waals surface area contributed by atoms with Gasteiger partial charge in [-0.2, -0.15) is 0 Å². The molecule has 22 heavy (non-hydrogen) atoms. The van der Waals surface area contributed by atoms with Crippen LogP contribution in [-0.2, 0) is 10.0 Å². The number of halogens is 1. The number of benzene rings is 2. The van der Waals surface area contributed by atoms with Gasteiger partial charge >= 0.3 is 0 Å². The highest BCUT2D eigenvalue weighted by Crippen LogP contribution is 2.33. The van der Waals surface area contributed by atoms with Crippen LogP contribution in [0.15, 0.2) is 47.4 Å². The Hall–Kier alpha value is -2.28. The van der Waals surface area contributed by atoms with Crippen molar-refractivity contribution in [1.29, 1.82) is 0 Å². The summed E-state index contributed by atoms with van der Waals surface area (Å²) < 4.78 is 50.1. The summed E-state index contributed by atoms with van der Waals surface area (Å²) in [6.45, 7) is 0.818. The zero-order valence-electron chi connectivity index (χ0n) is 11.8. The van der Waals surface area contributed by atoms with Crippen LogP contribution in [0.5, 0.6) is 11.5 Å². The van der Waals surface area contributed by atoms with Crippen LogP contribution in [0, 0.1) is 5.82 Å². The number of hydrogen-bond acceptors (Lipinski definition) is 4. The Morgan fingerprint density at radius 2 is 1.64 bits per heavy atom. The molecule has 0 unspecified atom stereocenters. The average Bonchev–Trinajstić information content (AvgIpc) is 2.54. The molecule has 7 heteroatoms. The van der Waals surface area contributed by atoms with Crippen LogP contribution in [0.25, 0.3) is 0 Å². The normalized spacial score (nSPS) is 13.7. The predicted molar refractivity (Wildman–Crippen MR) is 79.4 cm³/mol. The van der Waals surface area contributed by atoms with E-state index in [9.17, 15) is 12.8 Å². The molecule has 0 saturated carbocycles. The number of ether oxygens (including phenoxy) is 2. The largest absolute Gasteiger partial charge is 0.486 e. The lowest BCUT2D eigenvalue weighted by molar-refractivity contribution is 0.171. The van der Waals surface area contributed by atoms with Gasteiger partial charge in [-0.05, 0) is 36.4 Å². The summed E-state index contributed by atoms with van der Waals surface area (Å²) in [6, 6.07) is 9.71. The zero-order chi connectivity index (χ0) is 15.7. The molecule has 0 saturated heterocycles. The highest BCUT2D eigenvalue weighted by Gasteiger charge is 2.24. The molecule has 0 aromatic heterocycles. The van der Waals surface area contributed by atoms with Crippen molar-refractivity contribution in [2.24, 2.45) is 0 Å². The van der Waals surface area contributed by atoms with Crippen LogP contribution < -0.4 is 13.8 Å². The number of nitrogens with zero attached hydrogens (tertiary/aromatic N) is 1. The van der Waals surface area contributed by atoms with E-state index < -0.39 is 15.8 Å². The lowest BCUT2D eigenvalue weighted by Crippen LogP contribution is -2.26. The van der Waals surface area contributed by atoms with E-state index in [2.05, 4.69) is 0 Å². The van der Waals surface area contributed by atoms with Crippen molar-refractivity contribution < 1.29 is 22.3 Å². The third-order valence-electron chi connectivity index (χ3n) is 3.36. The summed E-state index contributed by atoms with van der Waals surface area (Å²) in [5.74, 6) is 0.503. The van der Waals surface area contributed by atoms with Crippen molar-refractivity contribution >= 4 is 15.7 Å². The quantitative estimate of drug-likeness (QED) is 0.870. The highest BCUT2D eigenvalue weighted by atomic mass is 32.2. The minimum atomic E-state index is -3.76. The Labute approximate surface area is 127 Å². The molecule has 0 fully saturated rings. The number of hydrogen-bond donors (Lipinski definition) is 0. The smallest absolute Gasteiger partial charge is 0.264 e. The molecular formula is C15H14FNO4S. The van der Waals surface area contributed by atoms with Crippen molar-refractivity contribution in [3.63, 3.8) is 0 Å². The Kier molecular flexibility index (Phi) is 3.66. The van der Waals surface area contributed by atoms with Gasteiger partial charge in [0.15, 0.2) is 11.5 Å². The van der Waals surface area contributed by atoms with Gasteiger partial charge in [0, 0.05) is 13.1 Å². The molecule has 0 N–H and O–H groups in total. The molecule has 2 aromatic rings. The number of rotatable bonds is 3. The zero-order valence-corrected chi connectivity index (χ0v) is 12.6. The maximum Gasteiger partial charge on any atom is 0.264 e. The summed E-state index contributed by atoms with van der Waals surface area (Å²) >= 11 is 0. The maximum atomic E-state index is 13.0. The lowest BCUT2D eigenvalue weighted by Gasteiger charge is -2.22. The van der Waals surface area contributed by atoms with Crippen LogP contribution in [0.4, 0.5) is 10.1 Å². The third kappa shape index (κ3) is 2.59. The van der Waals surface area contributed by atoms with Crippen LogP contribution >= 0.6 is 0 Å². The maximum absolute atomic E-state index is 13.0. The first-order chi connectivity index (χ1) is 10.5. The summed E-state index contributed by atoms with van der Waals surface area (Å²) in [4.78, 5) is 0.0866. The van der Waals surface area contributed by atoms with Gasteiger partial charge in [-0.25, -0.2) is 12.8 Å². The summed E-state index contributed by atoms with van der Waals surface area (Å²) in [5, 5.41) is 0. The first-order valence-electron chi connectivity index (χ1n) is 6.62. The van der Waals surface area contributed by atoms with Gasteiger partial charge < -0.3 is 9.47 Å². The van der Waals surface area contributed by atoms with E-state index in [1.165, 1.54) is 43.4 Å². The molecule has 0 radical (unpaired) electrons. The summed E-state index contributed by atoms with van der Waals surface area (Å²) in [5.41, 5.74) is 0.372. The van der Waals surface area contributed by atoms with Crippen molar-refractivity contribution in [2.75, 3.05) is 24.6 Å². The van der Waals surface area contributed by atoms with E-state index in [1.54, 1.807) is 6.07 Å². The van der Waals surface area contributed by atoms with E-state index in [0.29, 0.717) is 30.4 Å². The highest BCUT2D eigenvalue weighted by molar-refractivity contribution is 7.92. The minimum absolute atomic E-state index is 0.0866. The summed E-state index contributed by atoms with van der Waals surface area (Å²) in [7, 11) is -2.35.